The second-order valence-electron chi connectivity index (χ2n) is 4.61. The minimum Gasteiger partial charge on any atom is -0.370 e. The van der Waals surface area contributed by atoms with Crippen LogP contribution in [0.2, 0.25) is 0 Å². The van der Waals surface area contributed by atoms with E-state index in [0.717, 1.165) is 25.9 Å². The Morgan fingerprint density at radius 3 is 2.94 bits per heavy atom. The number of nitrogens with one attached hydrogen (secondary N) is 1. The van der Waals surface area contributed by atoms with Gasteiger partial charge in [0.25, 0.3) is 0 Å². The summed E-state index contributed by atoms with van der Waals surface area (Å²) < 4.78 is 0. The van der Waals surface area contributed by atoms with Crippen LogP contribution in [0.3, 0.4) is 0 Å². The lowest BCUT2D eigenvalue weighted by Crippen LogP contribution is -2.33. The van der Waals surface area contributed by atoms with E-state index in [-0.39, 0.29) is 24.0 Å². The van der Waals surface area contributed by atoms with Gasteiger partial charge in [-0.2, -0.15) is 0 Å². The minimum atomic E-state index is 0. The summed E-state index contributed by atoms with van der Waals surface area (Å²) in [6.07, 6.45) is 3.46. The van der Waals surface area contributed by atoms with Crippen LogP contribution in [0.5, 0.6) is 0 Å². The van der Waals surface area contributed by atoms with Gasteiger partial charge in [-0.3, -0.25) is 4.99 Å². The van der Waals surface area contributed by atoms with Crippen LogP contribution in [0.1, 0.15) is 36.8 Å². The highest BCUT2D eigenvalue weighted by molar-refractivity contribution is 14.0. The molecule has 0 aromatic heterocycles. The first-order valence-electron chi connectivity index (χ1n) is 6.43. The topological polar surface area (TPSA) is 50.4 Å². The monoisotopic (exact) mass is 359 g/mol. The molecule has 4 heteroatoms. The summed E-state index contributed by atoms with van der Waals surface area (Å²) in [5.41, 5.74) is 8.71. The third-order valence-corrected chi connectivity index (χ3v) is 3.28. The molecule has 0 fully saturated rings. The Bertz CT molecular complexity index is 404. The summed E-state index contributed by atoms with van der Waals surface area (Å²) in [6.45, 7) is 3.90. The van der Waals surface area contributed by atoms with Crippen molar-refractivity contribution < 1.29 is 0 Å². The number of rotatable bonds is 5. The summed E-state index contributed by atoms with van der Waals surface area (Å²) >= 11 is 0. The van der Waals surface area contributed by atoms with E-state index in [2.05, 4.69) is 41.5 Å². The van der Waals surface area contributed by atoms with E-state index in [4.69, 9.17) is 5.73 Å². The average molecular weight is 359 g/mol. The molecule has 1 aromatic rings. The lowest BCUT2D eigenvalue weighted by atomic mass is 9.78. The van der Waals surface area contributed by atoms with Crippen LogP contribution >= 0.6 is 24.0 Å². The lowest BCUT2D eigenvalue weighted by Gasteiger charge is -2.28. The Kier molecular flexibility index (Phi) is 6.46. The normalized spacial score (nSPS) is 17.4. The molecule has 1 aliphatic rings. The fourth-order valence-corrected chi connectivity index (χ4v) is 2.18. The highest BCUT2D eigenvalue weighted by atomic mass is 127. The molecule has 2 rings (SSSR count). The number of halogens is 1. The molecule has 0 heterocycles. The van der Waals surface area contributed by atoms with Gasteiger partial charge in [-0.1, -0.05) is 37.6 Å². The molecule has 0 radical (unpaired) electrons. The summed E-state index contributed by atoms with van der Waals surface area (Å²) in [5.74, 6) is 1.15. The van der Waals surface area contributed by atoms with Crippen molar-refractivity contribution in [3.05, 3.63) is 35.4 Å². The third-order valence-electron chi connectivity index (χ3n) is 3.28. The largest absolute Gasteiger partial charge is 0.370 e. The zero-order chi connectivity index (χ0) is 12.1. The molecule has 0 spiro atoms. The van der Waals surface area contributed by atoms with Crippen molar-refractivity contribution in [2.75, 3.05) is 13.1 Å². The van der Waals surface area contributed by atoms with Gasteiger partial charge in [0.15, 0.2) is 5.96 Å². The highest BCUT2D eigenvalue weighted by Crippen LogP contribution is 2.34. The molecule has 1 aromatic carbocycles. The first kappa shape index (κ1) is 15.3. The number of fused-ring (bicyclic) bond motifs is 1. The smallest absolute Gasteiger partial charge is 0.188 e. The zero-order valence-corrected chi connectivity index (χ0v) is 13.2. The fraction of sp³-hybridized carbons (Fsp3) is 0.500. The van der Waals surface area contributed by atoms with Crippen molar-refractivity contribution >= 4 is 29.9 Å². The van der Waals surface area contributed by atoms with Crippen LogP contribution in [0, 0.1) is 0 Å². The molecule has 3 N–H and O–H groups in total. The van der Waals surface area contributed by atoms with E-state index in [9.17, 15) is 0 Å². The van der Waals surface area contributed by atoms with Crippen molar-refractivity contribution in [1.82, 2.24) is 5.32 Å². The maximum absolute atomic E-state index is 5.80. The van der Waals surface area contributed by atoms with Crippen molar-refractivity contribution in [2.45, 2.75) is 32.1 Å². The molecule has 0 bridgehead atoms. The number of hydrogen-bond donors (Lipinski definition) is 2. The van der Waals surface area contributed by atoms with Gasteiger partial charge in [-0.15, -0.1) is 24.0 Å². The molecule has 0 amide bonds. The van der Waals surface area contributed by atoms with Gasteiger partial charge < -0.3 is 11.1 Å². The third kappa shape index (κ3) is 3.86. The molecule has 1 aliphatic carbocycles. The molecular formula is C14H22IN3. The van der Waals surface area contributed by atoms with Gasteiger partial charge >= 0.3 is 0 Å². The Hall–Kier alpha value is -0.780. The van der Waals surface area contributed by atoms with Gasteiger partial charge in [0.05, 0.1) is 0 Å². The molecule has 0 saturated carbocycles. The van der Waals surface area contributed by atoms with Crippen LogP contribution in [0.15, 0.2) is 29.3 Å². The fourth-order valence-electron chi connectivity index (χ4n) is 2.18. The average Bonchev–Trinajstić information content (AvgIpc) is 2.31. The van der Waals surface area contributed by atoms with Crippen LogP contribution in [0.25, 0.3) is 0 Å². The second kappa shape index (κ2) is 7.61. The van der Waals surface area contributed by atoms with Crippen LogP contribution in [-0.4, -0.2) is 19.0 Å². The second-order valence-corrected chi connectivity index (χ2v) is 4.61. The van der Waals surface area contributed by atoms with Crippen LogP contribution in [0.4, 0.5) is 0 Å². The van der Waals surface area contributed by atoms with Gasteiger partial charge in [-0.05, 0) is 24.0 Å². The number of aliphatic imine (C=N–C) groups is 1. The summed E-state index contributed by atoms with van der Waals surface area (Å²) in [6, 6.07) is 8.58. The Morgan fingerprint density at radius 2 is 2.22 bits per heavy atom. The summed E-state index contributed by atoms with van der Waals surface area (Å²) in [4.78, 5) is 4.40. The molecule has 3 nitrogen and oxygen atoms in total. The first-order valence-corrected chi connectivity index (χ1v) is 6.43. The van der Waals surface area contributed by atoms with Gasteiger partial charge in [0, 0.05) is 19.0 Å². The van der Waals surface area contributed by atoms with Gasteiger partial charge in [-0.25, -0.2) is 0 Å². The van der Waals surface area contributed by atoms with E-state index < -0.39 is 0 Å². The molecular weight excluding hydrogens is 337 g/mol. The molecule has 0 saturated heterocycles. The number of guanidine groups is 1. The number of benzene rings is 1. The number of nitrogens with two attached hydrogens (primary N) is 1. The minimum absolute atomic E-state index is 0. The van der Waals surface area contributed by atoms with Crippen LogP contribution in [-0.2, 0) is 6.42 Å². The SMILES string of the molecule is CCCCNC(N)=NCC1Cc2ccccc21.I. The van der Waals surface area contributed by atoms with E-state index in [1.807, 2.05) is 0 Å². The number of unbranched alkanes of at least 4 members (excludes halogenated alkanes) is 1. The maximum atomic E-state index is 5.80. The molecule has 1 atom stereocenters. The van der Waals surface area contributed by atoms with Crippen molar-refractivity contribution in [3.63, 3.8) is 0 Å². The molecule has 1 unspecified atom stereocenters. The molecule has 100 valence electrons. The van der Waals surface area contributed by atoms with E-state index >= 15 is 0 Å². The maximum Gasteiger partial charge on any atom is 0.188 e. The Labute approximate surface area is 126 Å². The predicted molar refractivity (Wildman–Crippen MR) is 87.7 cm³/mol. The molecule has 18 heavy (non-hydrogen) atoms. The quantitative estimate of drug-likeness (QED) is 0.368. The summed E-state index contributed by atoms with van der Waals surface area (Å²) in [5, 5.41) is 3.14. The van der Waals surface area contributed by atoms with Crippen LogP contribution < -0.4 is 11.1 Å². The molecule has 0 aliphatic heterocycles. The Balaban J connectivity index is 0.00000162. The number of nitrogens with zero attached hydrogens (tertiary/aromatic N) is 1. The first-order chi connectivity index (χ1) is 8.31. The van der Waals surface area contributed by atoms with E-state index in [0.29, 0.717) is 11.9 Å². The van der Waals surface area contributed by atoms with Crippen molar-refractivity contribution in [2.24, 2.45) is 10.7 Å². The highest BCUT2D eigenvalue weighted by Gasteiger charge is 2.24. The summed E-state index contributed by atoms with van der Waals surface area (Å²) in [7, 11) is 0. The van der Waals surface area contributed by atoms with E-state index in [1.165, 1.54) is 17.5 Å². The van der Waals surface area contributed by atoms with E-state index in [1.54, 1.807) is 0 Å². The number of hydrogen-bond acceptors (Lipinski definition) is 1. The van der Waals surface area contributed by atoms with Crippen molar-refractivity contribution in [3.8, 4) is 0 Å². The predicted octanol–water partition coefficient (Wildman–Crippen LogP) is 2.65. The van der Waals surface area contributed by atoms with Gasteiger partial charge in [0.2, 0.25) is 0 Å². The van der Waals surface area contributed by atoms with Crippen molar-refractivity contribution in [1.29, 1.82) is 0 Å². The lowest BCUT2D eigenvalue weighted by molar-refractivity contribution is 0.616. The standard InChI is InChI=1S/C14H21N3.HI/c1-2-3-8-16-14(15)17-10-12-9-11-6-4-5-7-13(11)12;/h4-7,12H,2-3,8-10H2,1H3,(H3,15,16,17);1H. The van der Waals surface area contributed by atoms with Gasteiger partial charge in [0.1, 0.15) is 0 Å². The Morgan fingerprint density at radius 1 is 1.44 bits per heavy atom. The zero-order valence-electron chi connectivity index (χ0n) is 10.9.